The Morgan fingerprint density at radius 3 is 1.88 bits per heavy atom. The van der Waals surface area contributed by atoms with E-state index in [2.05, 4.69) is 32.6 Å². The van der Waals surface area contributed by atoms with E-state index in [0.717, 1.165) is 29.8 Å². The minimum atomic E-state index is 0.827. The topological polar surface area (TPSA) is 3.24 Å². The molecule has 2 fully saturated rings. The van der Waals surface area contributed by atoms with Crippen molar-refractivity contribution in [3.63, 3.8) is 0 Å². The molecule has 0 aromatic heterocycles. The van der Waals surface area contributed by atoms with Gasteiger partial charge in [0.25, 0.3) is 0 Å². The Hall–Kier alpha value is -0.0400. The maximum Gasteiger partial charge on any atom is 0.0101 e. The first-order valence-corrected chi connectivity index (χ1v) is 7.83. The molecular weight excluding hydrogens is 206 g/mol. The number of hydrogen-bond donors (Lipinski definition) is 0. The third-order valence-corrected chi connectivity index (χ3v) is 4.93. The minimum absolute atomic E-state index is 0.827. The van der Waals surface area contributed by atoms with E-state index in [1.807, 2.05) is 0 Å². The molecule has 100 valence electrons. The average Bonchev–Trinajstić information content (AvgIpc) is 2.37. The van der Waals surface area contributed by atoms with Crippen molar-refractivity contribution in [2.24, 2.45) is 17.8 Å². The second kappa shape index (κ2) is 5.73. The smallest absolute Gasteiger partial charge is 0.0101 e. The third-order valence-electron chi connectivity index (χ3n) is 4.93. The molecule has 17 heavy (non-hydrogen) atoms. The van der Waals surface area contributed by atoms with Gasteiger partial charge in [-0.1, -0.05) is 40.5 Å². The minimum Gasteiger partial charge on any atom is -0.297 e. The molecular formula is C16H31N. The number of rotatable bonds is 3. The quantitative estimate of drug-likeness (QED) is 0.706. The molecule has 0 aromatic rings. The van der Waals surface area contributed by atoms with Gasteiger partial charge in [-0.15, -0.1) is 0 Å². The van der Waals surface area contributed by atoms with Gasteiger partial charge < -0.3 is 0 Å². The summed E-state index contributed by atoms with van der Waals surface area (Å²) in [5, 5.41) is 0. The molecule has 0 spiro atoms. The Labute approximate surface area is 108 Å². The van der Waals surface area contributed by atoms with Crippen LogP contribution in [0.1, 0.15) is 66.2 Å². The van der Waals surface area contributed by atoms with Crippen molar-refractivity contribution in [1.29, 1.82) is 0 Å². The van der Waals surface area contributed by atoms with Gasteiger partial charge in [-0.25, -0.2) is 0 Å². The molecule has 2 heterocycles. The van der Waals surface area contributed by atoms with Crippen molar-refractivity contribution < 1.29 is 0 Å². The number of fused-ring (bicyclic) bond motifs is 2. The predicted octanol–water partition coefficient (Wildman–Crippen LogP) is 4.32. The molecule has 0 radical (unpaired) electrons. The molecule has 2 aliphatic heterocycles. The lowest BCUT2D eigenvalue weighted by atomic mass is 9.78. The predicted molar refractivity (Wildman–Crippen MR) is 75.2 cm³/mol. The Balaban J connectivity index is 2.07. The van der Waals surface area contributed by atoms with E-state index in [1.54, 1.807) is 0 Å². The molecule has 0 aromatic carbocycles. The zero-order chi connectivity index (χ0) is 12.4. The van der Waals surface area contributed by atoms with Gasteiger partial charge in [-0.3, -0.25) is 4.90 Å². The van der Waals surface area contributed by atoms with Crippen LogP contribution < -0.4 is 0 Å². The van der Waals surface area contributed by atoms with Gasteiger partial charge in [-0.2, -0.15) is 0 Å². The normalized spacial score (nSPS) is 35.3. The van der Waals surface area contributed by atoms with Gasteiger partial charge in [-0.05, 0) is 43.4 Å². The standard InChI is InChI=1S/C16H31N/c1-12(2)11-17-15-7-5-6-8-16(17)10-14(9-15)13(3)4/h12-16H,5-11H2,1-4H3. The maximum atomic E-state index is 2.89. The van der Waals surface area contributed by atoms with E-state index in [1.165, 1.54) is 45.1 Å². The van der Waals surface area contributed by atoms with Crippen LogP contribution in [-0.2, 0) is 0 Å². The van der Waals surface area contributed by atoms with Crippen LogP contribution in [0.15, 0.2) is 0 Å². The fourth-order valence-corrected chi connectivity index (χ4v) is 3.96. The van der Waals surface area contributed by atoms with Crippen LogP contribution in [0.4, 0.5) is 0 Å². The largest absolute Gasteiger partial charge is 0.297 e. The first-order valence-electron chi connectivity index (χ1n) is 7.83. The fraction of sp³-hybridized carbons (Fsp3) is 1.00. The van der Waals surface area contributed by atoms with Crippen molar-refractivity contribution in [2.75, 3.05) is 6.54 Å². The molecule has 0 saturated carbocycles. The van der Waals surface area contributed by atoms with E-state index < -0.39 is 0 Å². The van der Waals surface area contributed by atoms with Crippen molar-refractivity contribution in [3.05, 3.63) is 0 Å². The van der Waals surface area contributed by atoms with Crippen LogP contribution in [0.3, 0.4) is 0 Å². The van der Waals surface area contributed by atoms with E-state index in [-0.39, 0.29) is 0 Å². The summed E-state index contributed by atoms with van der Waals surface area (Å²) in [6.07, 6.45) is 8.82. The van der Waals surface area contributed by atoms with Crippen molar-refractivity contribution in [3.8, 4) is 0 Å². The molecule has 2 rings (SSSR count). The molecule has 0 aliphatic carbocycles. The second-order valence-corrected chi connectivity index (χ2v) is 7.16. The SMILES string of the molecule is CC(C)CN1C2CCCCC1CC(C(C)C)C2. The first kappa shape index (κ1) is 13.4. The molecule has 0 amide bonds. The highest BCUT2D eigenvalue weighted by Crippen LogP contribution is 2.38. The number of nitrogens with zero attached hydrogens (tertiary/aromatic N) is 1. The van der Waals surface area contributed by atoms with Gasteiger partial charge in [0.15, 0.2) is 0 Å². The molecule has 2 saturated heterocycles. The average molecular weight is 237 g/mol. The lowest BCUT2D eigenvalue weighted by Crippen LogP contribution is -2.50. The van der Waals surface area contributed by atoms with E-state index >= 15 is 0 Å². The zero-order valence-corrected chi connectivity index (χ0v) is 12.3. The lowest BCUT2D eigenvalue weighted by molar-refractivity contribution is 0.0311. The lowest BCUT2D eigenvalue weighted by Gasteiger charge is -2.46. The van der Waals surface area contributed by atoms with Gasteiger partial charge in [0, 0.05) is 18.6 Å². The van der Waals surface area contributed by atoms with Crippen LogP contribution in [0.2, 0.25) is 0 Å². The maximum absolute atomic E-state index is 2.89. The van der Waals surface area contributed by atoms with Crippen molar-refractivity contribution in [2.45, 2.75) is 78.3 Å². The van der Waals surface area contributed by atoms with Gasteiger partial charge in [0.2, 0.25) is 0 Å². The Kier molecular flexibility index (Phi) is 4.52. The Bertz CT molecular complexity index is 218. The Morgan fingerprint density at radius 2 is 1.47 bits per heavy atom. The molecule has 2 aliphatic rings. The van der Waals surface area contributed by atoms with Gasteiger partial charge in [0.1, 0.15) is 0 Å². The van der Waals surface area contributed by atoms with Crippen LogP contribution in [-0.4, -0.2) is 23.5 Å². The molecule has 2 bridgehead atoms. The summed E-state index contributed by atoms with van der Waals surface area (Å²) in [4.78, 5) is 2.89. The highest BCUT2D eigenvalue weighted by atomic mass is 15.2. The van der Waals surface area contributed by atoms with Crippen molar-refractivity contribution in [1.82, 2.24) is 4.90 Å². The zero-order valence-electron chi connectivity index (χ0n) is 12.3. The molecule has 2 atom stereocenters. The van der Waals surface area contributed by atoms with Crippen LogP contribution in [0, 0.1) is 17.8 Å². The molecule has 0 N–H and O–H groups in total. The monoisotopic (exact) mass is 237 g/mol. The highest BCUT2D eigenvalue weighted by molar-refractivity contribution is 4.91. The van der Waals surface area contributed by atoms with Gasteiger partial charge in [0.05, 0.1) is 0 Å². The number of piperidine rings is 1. The molecule has 1 heteroatoms. The summed E-state index contributed by atoms with van der Waals surface area (Å²) >= 11 is 0. The van der Waals surface area contributed by atoms with Crippen LogP contribution >= 0.6 is 0 Å². The summed E-state index contributed by atoms with van der Waals surface area (Å²) < 4.78 is 0. The van der Waals surface area contributed by atoms with Crippen LogP contribution in [0.25, 0.3) is 0 Å². The summed E-state index contributed by atoms with van der Waals surface area (Å²) in [6.45, 7) is 10.9. The van der Waals surface area contributed by atoms with Crippen molar-refractivity contribution >= 4 is 0 Å². The van der Waals surface area contributed by atoms with E-state index in [0.29, 0.717) is 0 Å². The van der Waals surface area contributed by atoms with E-state index in [9.17, 15) is 0 Å². The second-order valence-electron chi connectivity index (χ2n) is 7.16. The van der Waals surface area contributed by atoms with E-state index in [4.69, 9.17) is 0 Å². The first-order chi connectivity index (χ1) is 8.08. The Morgan fingerprint density at radius 1 is 0.941 bits per heavy atom. The third kappa shape index (κ3) is 3.24. The summed E-state index contributed by atoms with van der Waals surface area (Å²) in [7, 11) is 0. The number of hydrogen-bond acceptors (Lipinski definition) is 1. The van der Waals surface area contributed by atoms with Gasteiger partial charge >= 0.3 is 0 Å². The summed E-state index contributed by atoms with van der Waals surface area (Å²) in [6, 6.07) is 1.82. The van der Waals surface area contributed by atoms with Crippen LogP contribution in [0.5, 0.6) is 0 Å². The molecule has 1 nitrogen and oxygen atoms in total. The highest BCUT2D eigenvalue weighted by Gasteiger charge is 2.37. The summed E-state index contributed by atoms with van der Waals surface area (Å²) in [5.41, 5.74) is 0. The molecule has 2 unspecified atom stereocenters. The summed E-state index contributed by atoms with van der Waals surface area (Å²) in [5.74, 6) is 2.71. The fourth-order valence-electron chi connectivity index (χ4n) is 3.96.